The first-order valence-corrected chi connectivity index (χ1v) is 4.78. The summed E-state index contributed by atoms with van der Waals surface area (Å²) in [5, 5.41) is -0.110. The molecule has 1 aromatic rings. The van der Waals surface area contributed by atoms with Gasteiger partial charge in [0.25, 0.3) is 0 Å². The fraction of sp³-hybridized carbons (Fsp3) is 0.300. The molecule has 1 aromatic carbocycles. The smallest absolute Gasteiger partial charge is 0.404 e. The van der Waals surface area contributed by atoms with Crippen LogP contribution in [0.3, 0.4) is 0 Å². The number of alkyl halides is 3. The highest BCUT2D eigenvalue weighted by Gasteiger charge is 2.32. The Balaban J connectivity index is 2.90. The molecule has 6 heteroatoms. The van der Waals surface area contributed by atoms with E-state index in [1.54, 1.807) is 6.07 Å². The average Bonchev–Trinajstić information content (AvgIpc) is 2.17. The second-order valence-electron chi connectivity index (χ2n) is 2.98. The van der Waals surface area contributed by atoms with Crippen LogP contribution in [0.1, 0.15) is 12.0 Å². The SMILES string of the molecule is O=CCCc1cccc(OC(F)(F)F)c1Cl. The molecule has 16 heavy (non-hydrogen) atoms. The Morgan fingerprint density at radius 1 is 1.38 bits per heavy atom. The second kappa shape index (κ2) is 5.21. The molecule has 1 rings (SSSR count). The molecule has 0 amide bonds. The molecule has 0 fully saturated rings. The van der Waals surface area contributed by atoms with Crippen molar-refractivity contribution in [1.29, 1.82) is 0 Å². The largest absolute Gasteiger partial charge is 0.573 e. The van der Waals surface area contributed by atoms with E-state index >= 15 is 0 Å². The maximum atomic E-state index is 12.0. The Labute approximate surface area is 95.0 Å². The Morgan fingerprint density at radius 3 is 2.62 bits per heavy atom. The lowest BCUT2D eigenvalue weighted by Crippen LogP contribution is -2.17. The predicted molar refractivity (Wildman–Crippen MR) is 52.5 cm³/mol. The molecular formula is C10H8ClF3O2. The minimum absolute atomic E-state index is 0.110. The van der Waals surface area contributed by atoms with Crippen LogP contribution in [0, 0.1) is 0 Å². The third-order valence-electron chi connectivity index (χ3n) is 1.80. The van der Waals surface area contributed by atoms with Gasteiger partial charge in [-0.3, -0.25) is 0 Å². The van der Waals surface area contributed by atoms with Crippen LogP contribution in [0.5, 0.6) is 5.75 Å². The van der Waals surface area contributed by atoms with Crippen LogP contribution in [0.25, 0.3) is 0 Å². The summed E-state index contributed by atoms with van der Waals surface area (Å²) in [6.07, 6.45) is -3.60. The van der Waals surface area contributed by atoms with Crippen molar-refractivity contribution in [3.63, 3.8) is 0 Å². The van der Waals surface area contributed by atoms with Crippen LogP contribution >= 0.6 is 11.6 Å². The maximum absolute atomic E-state index is 12.0. The molecule has 0 aliphatic heterocycles. The van der Waals surface area contributed by atoms with Gasteiger partial charge in [0.05, 0.1) is 5.02 Å². The molecule has 0 saturated heterocycles. The number of ether oxygens (including phenoxy) is 1. The number of aryl methyl sites for hydroxylation is 1. The van der Waals surface area contributed by atoms with Crippen LogP contribution < -0.4 is 4.74 Å². The van der Waals surface area contributed by atoms with Crippen molar-refractivity contribution in [2.45, 2.75) is 19.2 Å². The minimum Gasteiger partial charge on any atom is -0.404 e. The highest BCUT2D eigenvalue weighted by Crippen LogP contribution is 2.32. The Hall–Kier alpha value is -1.23. The fourth-order valence-electron chi connectivity index (χ4n) is 1.17. The van der Waals surface area contributed by atoms with E-state index in [0.717, 1.165) is 6.07 Å². The second-order valence-corrected chi connectivity index (χ2v) is 3.36. The van der Waals surface area contributed by atoms with E-state index in [2.05, 4.69) is 4.74 Å². The Kier molecular flexibility index (Phi) is 4.18. The van der Waals surface area contributed by atoms with Crippen molar-refractivity contribution < 1.29 is 22.7 Å². The van der Waals surface area contributed by atoms with Gasteiger partial charge < -0.3 is 9.53 Å². The van der Waals surface area contributed by atoms with Crippen molar-refractivity contribution in [3.05, 3.63) is 28.8 Å². The molecule has 0 radical (unpaired) electrons. The standard InChI is InChI=1S/C10H8ClF3O2/c11-9-7(4-2-6-15)3-1-5-8(9)16-10(12,13)14/h1,3,5-6H,2,4H2. The number of hydrogen-bond acceptors (Lipinski definition) is 2. The first-order valence-electron chi connectivity index (χ1n) is 4.41. The summed E-state index contributed by atoms with van der Waals surface area (Å²) in [4.78, 5) is 10.1. The number of halogens is 4. The quantitative estimate of drug-likeness (QED) is 0.768. The Morgan fingerprint density at radius 2 is 2.06 bits per heavy atom. The number of carbonyl (C=O) groups excluding carboxylic acids is 1. The van der Waals surface area contributed by atoms with Crippen molar-refractivity contribution in [2.75, 3.05) is 0 Å². The zero-order valence-corrected chi connectivity index (χ0v) is 8.81. The molecule has 88 valence electrons. The molecule has 0 aromatic heterocycles. The summed E-state index contributed by atoms with van der Waals surface area (Å²) in [5.74, 6) is -0.447. The van der Waals surface area contributed by atoms with Gasteiger partial charge in [0, 0.05) is 6.42 Å². The van der Waals surface area contributed by atoms with Crippen LogP contribution in [0.2, 0.25) is 5.02 Å². The molecule has 0 atom stereocenters. The summed E-state index contributed by atoms with van der Waals surface area (Å²) in [5.41, 5.74) is 0.454. The third kappa shape index (κ3) is 3.73. The lowest BCUT2D eigenvalue weighted by atomic mass is 10.1. The first-order chi connectivity index (χ1) is 7.44. The van der Waals surface area contributed by atoms with Crippen molar-refractivity contribution in [3.8, 4) is 5.75 Å². The van der Waals surface area contributed by atoms with E-state index in [-0.39, 0.29) is 17.9 Å². The van der Waals surface area contributed by atoms with Crippen LogP contribution in [0.4, 0.5) is 13.2 Å². The lowest BCUT2D eigenvalue weighted by Gasteiger charge is -2.12. The molecule has 0 aliphatic rings. The first kappa shape index (κ1) is 12.8. The molecule has 0 saturated carbocycles. The van der Waals surface area contributed by atoms with Crippen LogP contribution in [-0.2, 0) is 11.2 Å². The summed E-state index contributed by atoms with van der Waals surface area (Å²) < 4.78 is 39.6. The van der Waals surface area contributed by atoms with Gasteiger partial charge in [0.1, 0.15) is 12.0 Å². The van der Waals surface area contributed by atoms with E-state index < -0.39 is 12.1 Å². The highest BCUT2D eigenvalue weighted by molar-refractivity contribution is 6.32. The van der Waals surface area contributed by atoms with Crippen LogP contribution in [-0.4, -0.2) is 12.6 Å². The van der Waals surface area contributed by atoms with E-state index in [0.29, 0.717) is 11.8 Å². The number of aldehydes is 1. The van der Waals surface area contributed by atoms with Gasteiger partial charge in [0.2, 0.25) is 0 Å². The molecule has 0 N–H and O–H groups in total. The van der Waals surface area contributed by atoms with E-state index in [9.17, 15) is 18.0 Å². The molecular weight excluding hydrogens is 245 g/mol. The Bertz CT molecular complexity index is 377. The topological polar surface area (TPSA) is 26.3 Å². The molecule has 0 bridgehead atoms. The van der Waals surface area contributed by atoms with Gasteiger partial charge in [0.15, 0.2) is 0 Å². The molecule has 0 spiro atoms. The number of carbonyl (C=O) groups is 1. The van der Waals surface area contributed by atoms with Gasteiger partial charge >= 0.3 is 6.36 Å². The van der Waals surface area contributed by atoms with Gasteiger partial charge in [-0.05, 0) is 18.1 Å². The fourth-order valence-corrected chi connectivity index (χ4v) is 1.43. The number of hydrogen-bond donors (Lipinski definition) is 0. The van der Waals surface area contributed by atoms with E-state index in [1.165, 1.54) is 6.07 Å². The summed E-state index contributed by atoms with van der Waals surface area (Å²) >= 11 is 5.71. The highest BCUT2D eigenvalue weighted by atomic mass is 35.5. The normalized spacial score (nSPS) is 11.2. The van der Waals surface area contributed by atoms with Gasteiger partial charge in [-0.2, -0.15) is 0 Å². The average molecular weight is 253 g/mol. The predicted octanol–water partition coefficient (Wildman–Crippen LogP) is 3.37. The zero-order chi connectivity index (χ0) is 12.2. The summed E-state index contributed by atoms with van der Waals surface area (Å²) in [6.45, 7) is 0. The van der Waals surface area contributed by atoms with Gasteiger partial charge in [-0.1, -0.05) is 23.7 Å². The van der Waals surface area contributed by atoms with Gasteiger partial charge in [-0.25, -0.2) is 0 Å². The zero-order valence-electron chi connectivity index (χ0n) is 8.05. The molecule has 2 nitrogen and oxygen atoms in total. The van der Waals surface area contributed by atoms with Crippen molar-refractivity contribution in [2.24, 2.45) is 0 Å². The van der Waals surface area contributed by atoms with Crippen molar-refractivity contribution >= 4 is 17.9 Å². The van der Waals surface area contributed by atoms with E-state index in [1.807, 2.05) is 0 Å². The lowest BCUT2D eigenvalue weighted by molar-refractivity contribution is -0.274. The summed E-state index contributed by atoms with van der Waals surface area (Å²) in [6, 6.07) is 4.07. The van der Waals surface area contributed by atoms with Crippen LogP contribution in [0.15, 0.2) is 18.2 Å². The number of rotatable bonds is 4. The number of benzene rings is 1. The van der Waals surface area contributed by atoms with Gasteiger partial charge in [-0.15, -0.1) is 13.2 Å². The molecule has 0 unspecified atom stereocenters. The monoisotopic (exact) mass is 252 g/mol. The third-order valence-corrected chi connectivity index (χ3v) is 2.23. The maximum Gasteiger partial charge on any atom is 0.573 e. The van der Waals surface area contributed by atoms with Crippen molar-refractivity contribution in [1.82, 2.24) is 0 Å². The molecule has 0 aliphatic carbocycles. The summed E-state index contributed by atoms with van der Waals surface area (Å²) in [7, 11) is 0. The molecule has 0 heterocycles. The minimum atomic E-state index is -4.77. The van der Waals surface area contributed by atoms with E-state index in [4.69, 9.17) is 11.6 Å².